The summed E-state index contributed by atoms with van der Waals surface area (Å²) in [6, 6.07) is 7.41. The van der Waals surface area contributed by atoms with E-state index in [2.05, 4.69) is 6.92 Å². The van der Waals surface area contributed by atoms with Crippen LogP contribution in [-0.4, -0.2) is 25.8 Å². The first kappa shape index (κ1) is 19.7. The van der Waals surface area contributed by atoms with E-state index in [9.17, 15) is 4.79 Å². The molecule has 1 aromatic rings. The van der Waals surface area contributed by atoms with E-state index < -0.39 is 0 Å². The molecule has 0 N–H and O–H groups in total. The molecule has 130 valence electrons. The Hall–Kier alpha value is -1.35. The van der Waals surface area contributed by atoms with Gasteiger partial charge in [-0.1, -0.05) is 69.6 Å². The van der Waals surface area contributed by atoms with Crippen LogP contribution in [0.25, 0.3) is 0 Å². The van der Waals surface area contributed by atoms with Gasteiger partial charge >= 0.3 is 5.97 Å². The summed E-state index contributed by atoms with van der Waals surface area (Å²) in [5.74, 6) is -0.277. The number of benzene rings is 1. The van der Waals surface area contributed by atoms with Gasteiger partial charge in [-0.15, -0.1) is 0 Å². The standard InChI is InChI=1S/C20H32O3/c1-3-4-5-6-7-8-9-10-15-22-16-17-23-20(21)19-13-11-18(2)12-14-19/h11-14H,3-10,15-17H2,1-2H3. The van der Waals surface area contributed by atoms with E-state index in [4.69, 9.17) is 9.47 Å². The van der Waals surface area contributed by atoms with Crippen molar-refractivity contribution in [3.05, 3.63) is 35.4 Å². The van der Waals surface area contributed by atoms with Crippen molar-refractivity contribution in [1.82, 2.24) is 0 Å². The van der Waals surface area contributed by atoms with Crippen molar-refractivity contribution < 1.29 is 14.3 Å². The molecule has 0 radical (unpaired) electrons. The van der Waals surface area contributed by atoms with Crippen molar-refractivity contribution in [1.29, 1.82) is 0 Å². The van der Waals surface area contributed by atoms with Crippen molar-refractivity contribution in [3.63, 3.8) is 0 Å². The van der Waals surface area contributed by atoms with Gasteiger partial charge in [0.2, 0.25) is 0 Å². The molecular weight excluding hydrogens is 288 g/mol. The number of carbonyl (C=O) groups excluding carboxylic acids is 1. The van der Waals surface area contributed by atoms with E-state index in [0.717, 1.165) is 18.6 Å². The Kier molecular flexibility index (Phi) is 11.2. The number of hydrogen-bond acceptors (Lipinski definition) is 3. The summed E-state index contributed by atoms with van der Waals surface area (Å²) in [6.07, 6.45) is 10.4. The zero-order chi connectivity index (χ0) is 16.8. The van der Waals surface area contributed by atoms with Gasteiger partial charge in [0.15, 0.2) is 0 Å². The molecule has 0 saturated heterocycles. The van der Waals surface area contributed by atoms with E-state index in [1.54, 1.807) is 12.1 Å². The van der Waals surface area contributed by atoms with E-state index in [1.807, 2.05) is 19.1 Å². The summed E-state index contributed by atoms with van der Waals surface area (Å²) in [5.41, 5.74) is 1.73. The van der Waals surface area contributed by atoms with Gasteiger partial charge in [0.25, 0.3) is 0 Å². The SMILES string of the molecule is CCCCCCCCCCOCCOC(=O)c1ccc(C)cc1. The van der Waals surface area contributed by atoms with Crippen molar-refractivity contribution in [2.45, 2.75) is 65.2 Å². The van der Waals surface area contributed by atoms with Gasteiger partial charge in [-0.25, -0.2) is 4.79 Å². The molecule has 3 nitrogen and oxygen atoms in total. The summed E-state index contributed by atoms with van der Waals surface area (Å²) >= 11 is 0. The Morgan fingerprint density at radius 3 is 2.09 bits per heavy atom. The van der Waals surface area contributed by atoms with Crippen molar-refractivity contribution in [2.75, 3.05) is 19.8 Å². The Morgan fingerprint density at radius 2 is 1.43 bits per heavy atom. The van der Waals surface area contributed by atoms with Crippen LogP contribution in [0.5, 0.6) is 0 Å². The molecule has 3 heteroatoms. The third-order valence-electron chi connectivity index (χ3n) is 3.89. The first-order valence-electron chi connectivity index (χ1n) is 9.05. The quantitative estimate of drug-likeness (QED) is 0.365. The monoisotopic (exact) mass is 320 g/mol. The molecule has 1 aromatic carbocycles. The van der Waals surface area contributed by atoms with Gasteiger partial charge in [-0.3, -0.25) is 0 Å². The summed E-state index contributed by atoms with van der Waals surface area (Å²) in [5, 5.41) is 0. The number of esters is 1. The first-order chi connectivity index (χ1) is 11.2. The third-order valence-corrected chi connectivity index (χ3v) is 3.89. The molecule has 0 aliphatic rings. The highest BCUT2D eigenvalue weighted by atomic mass is 16.6. The Balaban J connectivity index is 1.89. The molecular formula is C20H32O3. The fourth-order valence-corrected chi connectivity index (χ4v) is 2.41. The average Bonchev–Trinajstić information content (AvgIpc) is 2.56. The lowest BCUT2D eigenvalue weighted by Crippen LogP contribution is -2.11. The van der Waals surface area contributed by atoms with Crippen LogP contribution < -0.4 is 0 Å². The minimum Gasteiger partial charge on any atom is -0.460 e. The maximum absolute atomic E-state index is 11.8. The second kappa shape index (κ2) is 13.1. The number of unbranched alkanes of at least 4 members (excludes halogenated alkanes) is 7. The molecule has 0 bridgehead atoms. The molecule has 1 rings (SSSR count). The summed E-state index contributed by atoms with van der Waals surface area (Å²) in [4.78, 5) is 11.8. The number of hydrogen-bond donors (Lipinski definition) is 0. The van der Waals surface area contributed by atoms with Crippen LogP contribution in [0.2, 0.25) is 0 Å². The lowest BCUT2D eigenvalue weighted by molar-refractivity contribution is 0.0312. The highest BCUT2D eigenvalue weighted by molar-refractivity contribution is 5.89. The van der Waals surface area contributed by atoms with Crippen molar-refractivity contribution in [2.24, 2.45) is 0 Å². The second-order valence-corrected chi connectivity index (χ2v) is 6.09. The maximum atomic E-state index is 11.8. The zero-order valence-corrected chi connectivity index (χ0v) is 14.8. The molecule has 0 fully saturated rings. The van der Waals surface area contributed by atoms with Gasteiger partial charge in [-0.05, 0) is 25.5 Å². The minimum atomic E-state index is -0.277. The molecule has 0 unspecified atom stereocenters. The van der Waals surface area contributed by atoms with Crippen LogP contribution in [0, 0.1) is 6.92 Å². The second-order valence-electron chi connectivity index (χ2n) is 6.09. The highest BCUT2D eigenvalue weighted by Crippen LogP contribution is 2.08. The van der Waals surface area contributed by atoms with Gasteiger partial charge < -0.3 is 9.47 Å². The predicted molar refractivity (Wildman–Crippen MR) is 94.9 cm³/mol. The minimum absolute atomic E-state index is 0.277. The van der Waals surface area contributed by atoms with Crippen LogP contribution in [0.4, 0.5) is 0 Å². The predicted octanol–water partition coefficient (Wildman–Crippen LogP) is 5.31. The molecule has 0 heterocycles. The van der Waals surface area contributed by atoms with Gasteiger partial charge in [0.05, 0.1) is 12.2 Å². The summed E-state index contributed by atoms with van der Waals surface area (Å²) in [7, 11) is 0. The lowest BCUT2D eigenvalue weighted by atomic mass is 10.1. The van der Waals surface area contributed by atoms with E-state index in [0.29, 0.717) is 18.8 Å². The lowest BCUT2D eigenvalue weighted by Gasteiger charge is -2.06. The van der Waals surface area contributed by atoms with Gasteiger partial charge in [-0.2, -0.15) is 0 Å². The molecule has 0 saturated carbocycles. The topological polar surface area (TPSA) is 35.5 Å². The van der Waals surface area contributed by atoms with Crippen LogP contribution >= 0.6 is 0 Å². The number of carbonyl (C=O) groups is 1. The summed E-state index contributed by atoms with van der Waals surface area (Å²) in [6.45, 7) is 5.80. The van der Waals surface area contributed by atoms with Crippen LogP contribution in [-0.2, 0) is 9.47 Å². The summed E-state index contributed by atoms with van der Waals surface area (Å²) < 4.78 is 10.7. The van der Waals surface area contributed by atoms with E-state index in [1.165, 1.54) is 44.9 Å². The number of aryl methyl sites for hydroxylation is 1. The highest BCUT2D eigenvalue weighted by Gasteiger charge is 2.05. The Bertz CT molecular complexity index is 411. The molecule has 23 heavy (non-hydrogen) atoms. The maximum Gasteiger partial charge on any atom is 0.338 e. The normalized spacial score (nSPS) is 10.7. The first-order valence-corrected chi connectivity index (χ1v) is 9.05. The van der Waals surface area contributed by atoms with Crippen LogP contribution in [0.3, 0.4) is 0 Å². The van der Waals surface area contributed by atoms with E-state index in [-0.39, 0.29) is 5.97 Å². The average molecular weight is 320 g/mol. The van der Waals surface area contributed by atoms with E-state index >= 15 is 0 Å². The van der Waals surface area contributed by atoms with Gasteiger partial charge in [0.1, 0.15) is 6.61 Å². The van der Waals surface area contributed by atoms with Crippen LogP contribution in [0.1, 0.15) is 74.2 Å². The number of ether oxygens (including phenoxy) is 2. The van der Waals surface area contributed by atoms with Crippen molar-refractivity contribution in [3.8, 4) is 0 Å². The van der Waals surface area contributed by atoms with Crippen LogP contribution in [0.15, 0.2) is 24.3 Å². The Labute approximate surface area is 141 Å². The molecule has 0 atom stereocenters. The Morgan fingerprint density at radius 1 is 0.826 bits per heavy atom. The zero-order valence-electron chi connectivity index (χ0n) is 14.8. The smallest absolute Gasteiger partial charge is 0.338 e. The van der Waals surface area contributed by atoms with Crippen molar-refractivity contribution >= 4 is 5.97 Å². The molecule has 0 aromatic heterocycles. The number of rotatable bonds is 13. The fraction of sp³-hybridized carbons (Fsp3) is 0.650. The van der Waals surface area contributed by atoms with Gasteiger partial charge in [0, 0.05) is 6.61 Å². The third kappa shape index (κ3) is 10.1. The molecule has 0 amide bonds. The molecule has 0 spiro atoms. The molecule has 0 aliphatic heterocycles. The molecule has 0 aliphatic carbocycles. The fourth-order valence-electron chi connectivity index (χ4n) is 2.41. The largest absolute Gasteiger partial charge is 0.460 e.